The molecule has 0 unspecified atom stereocenters. The van der Waals surface area contributed by atoms with Gasteiger partial charge < -0.3 is 9.88 Å². The van der Waals surface area contributed by atoms with Crippen molar-refractivity contribution in [2.45, 2.75) is 36.5 Å². The summed E-state index contributed by atoms with van der Waals surface area (Å²) in [7, 11) is -3.66. The van der Waals surface area contributed by atoms with E-state index in [4.69, 9.17) is 0 Å². The summed E-state index contributed by atoms with van der Waals surface area (Å²) in [6.45, 7) is 1.10. The lowest BCUT2D eigenvalue weighted by Gasteiger charge is -2.26. The van der Waals surface area contributed by atoms with E-state index >= 15 is 0 Å². The van der Waals surface area contributed by atoms with Crippen LogP contribution in [0.25, 0.3) is 11.0 Å². The van der Waals surface area contributed by atoms with Crippen molar-refractivity contribution in [1.29, 1.82) is 0 Å². The topological polar surface area (TPSA) is 84.3 Å². The highest BCUT2D eigenvalue weighted by molar-refractivity contribution is 7.97. The number of piperidine rings is 1. The van der Waals surface area contributed by atoms with Gasteiger partial charge in [-0.25, -0.2) is 13.4 Å². The molecule has 0 saturated carbocycles. The summed E-state index contributed by atoms with van der Waals surface area (Å²) in [6.07, 6.45) is 4.76. The summed E-state index contributed by atoms with van der Waals surface area (Å²) in [6, 6.07) is 14.3. The van der Waals surface area contributed by atoms with Crippen molar-refractivity contribution in [2.24, 2.45) is 0 Å². The first kappa shape index (κ1) is 21.9. The second kappa shape index (κ2) is 9.42. The van der Waals surface area contributed by atoms with Gasteiger partial charge in [-0.05, 0) is 43.4 Å². The Morgan fingerprint density at radius 3 is 2.55 bits per heavy atom. The number of thioether (sulfide) groups is 1. The molecule has 0 atom stereocenters. The molecular weight excluding hydrogens is 432 g/mol. The second-order valence-corrected chi connectivity index (χ2v) is 10.3. The van der Waals surface area contributed by atoms with E-state index < -0.39 is 10.0 Å². The molecule has 0 bridgehead atoms. The van der Waals surface area contributed by atoms with E-state index in [0.717, 1.165) is 36.1 Å². The van der Waals surface area contributed by atoms with E-state index in [1.807, 2.05) is 35.1 Å². The summed E-state index contributed by atoms with van der Waals surface area (Å²) < 4.78 is 29.8. The number of rotatable bonds is 7. The molecule has 1 aliphatic heterocycles. The van der Waals surface area contributed by atoms with Crippen molar-refractivity contribution in [3.63, 3.8) is 0 Å². The number of anilines is 1. The Balaban J connectivity index is 1.59. The Labute approximate surface area is 186 Å². The second-order valence-electron chi connectivity index (χ2n) is 7.54. The number of para-hydroxylation sites is 3. The van der Waals surface area contributed by atoms with Gasteiger partial charge >= 0.3 is 0 Å². The molecule has 0 spiro atoms. The lowest BCUT2D eigenvalue weighted by atomic mass is 10.2. The number of nitrogens with zero attached hydrogens (tertiary/aromatic N) is 3. The monoisotopic (exact) mass is 458 g/mol. The molecule has 2 aromatic carbocycles. The van der Waals surface area contributed by atoms with Gasteiger partial charge in [0.25, 0.3) is 0 Å². The molecule has 2 heterocycles. The fourth-order valence-corrected chi connectivity index (χ4v) is 6.06. The predicted molar refractivity (Wildman–Crippen MR) is 125 cm³/mol. The van der Waals surface area contributed by atoms with E-state index in [9.17, 15) is 13.2 Å². The van der Waals surface area contributed by atoms with Crippen molar-refractivity contribution in [2.75, 3.05) is 24.7 Å². The summed E-state index contributed by atoms with van der Waals surface area (Å²) in [4.78, 5) is 17.7. The SMILES string of the molecule is CSCc1nc2ccccc2n1CC(=O)Nc1ccccc1S(=O)(=O)N1CCCCC1. The van der Waals surface area contributed by atoms with E-state index in [1.54, 1.807) is 36.0 Å². The average Bonchev–Trinajstić information content (AvgIpc) is 3.12. The molecule has 164 valence electrons. The van der Waals surface area contributed by atoms with Crippen molar-refractivity contribution in [1.82, 2.24) is 13.9 Å². The maximum Gasteiger partial charge on any atom is 0.245 e. The number of sulfonamides is 1. The summed E-state index contributed by atoms with van der Waals surface area (Å²) in [5.41, 5.74) is 2.04. The van der Waals surface area contributed by atoms with Gasteiger partial charge in [0.2, 0.25) is 15.9 Å². The molecule has 1 aromatic heterocycles. The van der Waals surface area contributed by atoms with Crippen LogP contribution in [0.15, 0.2) is 53.4 Å². The Kier molecular flexibility index (Phi) is 6.64. The first-order chi connectivity index (χ1) is 15.0. The molecule has 9 heteroatoms. The molecule has 4 rings (SSSR count). The standard InChI is InChI=1S/C22H26N4O3S2/c1-30-16-21-23-17-9-3-5-11-19(17)26(21)15-22(27)24-18-10-4-6-12-20(18)31(28,29)25-13-7-2-8-14-25/h3-6,9-12H,2,7-8,13-16H2,1H3,(H,24,27). The zero-order valence-corrected chi connectivity index (χ0v) is 19.1. The zero-order valence-electron chi connectivity index (χ0n) is 17.5. The number of hydrogen-bond acceptors (Lipinski definition) is 5. The third-order valence-electron chi connectivity index (χ3n) is 5.40. The Hall–Kier alpha value is -2.36. The summed E-state index contributed by atoms with van der Waals surface area (Å²) >= 11 is 1.64. The molecule has 3 aromatic rings. The van der Waals surface area contributed by atoms with E-state index in [1.165, 1.54) is 4.31 Å². The van der Waals surface area contributed by atoms with Gasteiger partial charge in [-0.15, -0.1) is 0 Å². The first-order valence-electron chi connectivity index (χ1n) is 10.3. The summed E-state index contributed by atoms with van der Waals surface area (Å²) in [5.74, 6) is 1.21. The maximum atomic E-state index is 13.2. The van der Waals surface area contributed by atoms with Crippen LogP contribution in [0, 0.1) is 0 Å². The third kappa shape index (κ3) is 4.63. The number of carbonyl (C=O) groups excluding carboxylic acids is 1. The number of fused-ring (bicyclic) bond motifs is 1. The van der Waals surface area contributed by atoms with E-state index in [2.05, 4.69) is 10.3 Å². The van der Waals surface area contributed by atoms with Crippen LogP contribution < -0.4 is 5.32 Å². The number of amides is 1. The van der Waals surface area contributed by atoms with Gasteiger partial charge in [0, 0.05) is 13.1 Å². The van der Waals surface area contributed by atoms with Crippen molar-refractivity contribution < 1.29 is 13.2 Å². The fourth-order valence-electron chi connectivity index (χ4n) is 3.91. The number of hydrogen-bond donors (Lipinski definition) is 1. The maximum absolute atomic E-state index is 13.2. The Morgan fingerprint density at radius 2 is 1.77 bits per heavy atom. The van der Waals surface area contributed by atoms with Gasteiger partial charge in [0.1, 0.15) is 17.3 Å². The lowest BCUT2D eigenvalue weighted by molar-refractivity contribution is -0.116. The molecular formula is C22H26N4O3S2. The highest BCUT2D eigenvalue weighted by Gasteiger charge is 2.28. The van der Waals surface area contributed by atoms with Gasteiger partial charge in [0.05, 0.1) is 22.5 Å². The fraction of sp³-hybridized carbons (Fsp3) is 0.364. The third-order valence-corrected chi connectivity index (χ3v) is 7.91. The van der Waals surface area contributed by atoms with Crippen LogP contribution in [0.4, 0.5) is 5.69 Å². The predicted octanol–water partition coefficient (Wildman–Crippen LogP) is 3.71. The van der Waals surface area contributed by atoms with E-state index in [0.29, 0.717) is 24.5 Å². The number of carbonyl (C=O) groups is 1. The number of nitrogens with one attached hydrogen (secondary N) is 1. The zero-order chi connectivity index (χ0) is 21.8. The van der Waals surface area contributed by atoms with Crippen LogP contribution in [-0.4, -0.2) is 47.5 Å². The van der Waals surface area contributed by atoms with Gasteiger partial charge in [-0.3, -0.25) is 4.79 Å². The molecule has 0 radical (unpaired) electrons. The molecule has 1 aliphatic rings. The van der Waals surface area contributed by atoms with Crippen LogP contribution in [0.3, 0.4) is 0 Å². The molecule has 1 amide bonds. The highest BCUT2D eigenvalue weighted by atomic mass is 32.2. The largest absolute Gasteiger partial charge is 0.323 e. The first-order valence-corrected chi connectivity index (χ1v) is 13.2. The van der Waals surface area contributed by atoms with E-state index in [-0.39, 0.29) is 17.3 Å². The van der Waals surface area contributed by atoms with Gasteiger partial charge in [0.15, 0.2) is 0 Å². The minimum Gasteiger partial charge on any atom is -0.323 e. The molecule has 1 fully saturated rings. The number of imidazole rings is 1. The van der Waals surface area contributed by atoms with Crippen LogP contribution in [0.2, 0.25) is 0 Å². The quantitative estimate of drug-likeness (QED) is 0.583. The smallest absolute Gasteiger partial charge is 0.245 e. The van der Waals surface area contributed by atoms with Gasteiger partial charge in [-0.1, -0.05) is 30.7 Å². The number of aromatic nitrogens is 2. The van der Waals surface area contributed by atoms with Crippen LogP contribution in [-0.2, 0) is 27.1 Å². The van der Waals surface area contributed by atoms with Gasteiger partial charge in [-0.2, -0.15) is 16.1 Å². The van der Waals surface area contributed by atoms with Crippen LogP contribution in [0.1, 0.15) is 25.1 Å². The number of benzene rings is 2. The van der Waals surface area contributed by atoms with Crippen LogP contribution >= 0.6 is 11.8 Å². The van der Waals surface area contributed by atoms with Crippen molar-refractivity contribution in [3.05, 3.63) is 54.4 Å². The Bertz CT molecular complexity index is 1180. The molecule has 7 nitrogen and oxygen atoms in total. The molecule has 0 aliphatic carbocycles. The van der Waals surface area contributed by atoms with Crippen molar-refractivity contribution >= 4 is 44.4 Å². The minimum atomic E-state index is -3.66. The lowest BCUT2D eigenvalue weighted by Crippen LogP contribution is -2.36. The normalized spacial score (nSPS) is 15.3. The molecule has 1 saturated heterocycles. The molecule has 1 N–H and O–H groups in total. The highest BCUT2D eigenvalue weighted by Crippen LogP contribution is 2.27. The summed E-state index contributed by atoms with van der Waals surface area (Å²) in [5, 5.41) is 2.83. The minimum absolute atomic E-state index is 0.0640. The average molecular weight is 459 g/mol. The van der Waals surface area contributed by atoms with Crippen LogP contribution in [0.5, 0.6) is 0 Å². The Morgan fingerprint density at radius 1 is 1.06 bits per heavy atom. The van der Waals surface area contributed by atoms with Crippen molar-refractivity contribution in [3.8, 4) is 0 Å². The molecule has 31 heavy (non-hydrogen) atoms.